The summed E-state index contributed by atoms with van der Waals surface area (Å²) in [5.41, 5.74) is 1.28. The van der Waals surface area contributed by atoms with E-state index in [-0.39, 0.29) is 12.5 Å². The van der Waals surface area contributed by atoms with E-state index in [9.17, 15) is 9.59 Å². The Morgan fingerprint density at radius 2 is 1.70 bits per heavy atom. The zero-order chi connectivity index (χ0) is 22.6. The first-order valence-electron chi connectivity index (χ1n) is 10.4. The number of amides is 2. The van der Waals surface area contributed by atoms with Crippen molar-refractivity contribution in [2.24, 2.45) is 4.99 Å². The molecular formula is C22H37N5O3. The van der Waals surface area contributed by atoms with Crippen LogP contribution in [0.25, 0.3) is 0 Å². The van der Waals surface area contributed by atoms with Gasteiger partial charge in [0.05, 0.1) is 0 Å². The standard InChI is InChI=1S/C22H37N5O3/c1-7-8-14-23-20(25-16-19(28)27(5)6)24-15-13-17-9-11-18(12-10-17)26-21(29)30-22(2,3)4/h9-12H,7-8,13-16H2,1-6H3,(H,26,29)(H2,23,24,25). The van der Waals surface area contributed by atoms with Crippen molar-refractivity contribution < 1.29 is 14.3 Å². The van der Waals surface area contributed by atoms with Gasteiger partial charge >= 0.3 is 6.09 Å². The fourth-order valence-corrected chi connectivity index (χ4v) is 2.35. The molecule has 2 amide bonds. The van der Waals surface area contributed by atoms with Gasteiger partial charge in [0.2, 0.25) is 5.91 Å². The lowest BCUT2D eigenvalue weighted by atomic mass is 10.1. The molecule has 1 aromatic rings. The van der Waals surface area contributed by atoms with Gasteiger partial charge in [-0.1, -0.05) is 25.5 Å². The molecule has 0 bridgehead atoms. The van der Waals surface area contributed by atoms with Crippen LogP contribution in [0, 0.1) is 0 Å². The van der Waals surface area contributed by atoms with Gasteiger partial charge in [-0.15, -0.1) is 0 Å². The molecule has 0 saturated carbocycles. The van der Waals surface area contributed by atoms with Crippen LogP contribution in [-0.4, -0.2) is 62.2 Å². The maximum atomic E-state index is 11.8. The van der Waals surface area contributed by atoms with Gasteiger partial charge in [0.1, 0.15) is 12.1 Å². The third-order valence-electron chi connectivity index (χ3n) is 4.00. The fraction of sp³-hybridized carbons (Fsp3) is 0.591. The lowest BCUT2D eigenvalue weighted by molar-refractivity contribution is -0.127. The summed E-state index contributed by atoms with van der Waals surface area (Å²) < 4.78 is 5.25. The van der Waals surface area contributed by atoms with Crippen molar-refractivity contribution in [2.75, 3.05) is 39.0 Å². The van der Waals surface area contributed by atoms with E-state index < -0.39 is 11.7 Å². The number of unbranched alkanes of at least 4 members (excludes halogenated alkanes) is 1. The Kier molecular flexibility index (Phi) is 10.7. The molecule has 0 atom stereocenters. The minimum atomic E-state index is -0.530. The molecule has 8 nitrogen and oxygen atoms in total. The monoisotopic (exact) mass is 419 g/mol. The van der Waals surface area contributed by atoms with E-state index in [4.69, 9.17) is 4.74 Å². The molecule has 0 aliphatic carbocycles. The Bertz CT molecular complexity index is 694. The second kappa shape index (κ2) is 12.7. The topological polar surface area (TPSA) is 95.1 Å². The van der Waals surface area contributed by atoms with Gasteiger partial charge in [0.15, 0.2) is 5.96 Å². The van der Waals surface area contributed by atoms with Crippen molar-refractivity contribution in [3.63, 3.8) is 0 Å². The number of guanidine groups is 1. The van der Waals surface area contributed by atoms with Gasteiger partial charge in [0.25, 0.3) is 0 Å². The van der Waals surface area contributed by atoms with Gasteiger partial charge in [-0.05, 0) is 51.3 Å². The number of aliphatic imine (C=N–C) groups is 1. The Morgan fingerprint density at radius 1 is 1.07 bits per heavy atom. The highest BCUT2D eigenvalue weighted by molar-refractivity contribution is 5.85. The molecular weight excluding hydrogens is 382 g/mol. The van der Waals surface area contributed by atoms with Crippen molar-refractivity contribution in [1.29, 1.82) is 0 Å². The Labute approximate surface area is 180 Å². The fourth-order valence-electron chi connectivity index (χ4n) is 2.35. The lowest BCUT2D eigenvalue weighted by Gasteiger charge is -2.19. The Balaban J connectivity index is 2.54. The number of nitrogens with one attached hydrogen (secondary N) is 3. The van der Waals surface area contributed by atoms with Crippen LogP contribution >= 0.6 is 0 Å². The van der Waals surface area contributed by atoms with Crippen LogP contribution in [-0.2, 0) is 16.0 Å². The first-order chi connectivity index (χ1) is 14.1. The molecule has 3 N–H and O–H groups in total. The van der Waals surface area contributed by atoms with E-state index in [1.165, 1.54) is 4.90 Å². The van der Waals surface area contributed by atoms with Crippen molar-refractivity contribution in [2.45, 2.75) is 52.6 Å². The predicted molar refractivity (Wildman–Crippen MR) is 122 cm³/mol. The number of benzene rings is 1. The zero-order valence-corrected chi connectivity index (χ0v) is 19.2. The van der Waals surface area contributed by atoms with Crippen LogP contribution in [0.2, 0.25) is 0 Å². The predicted octanol–water partition coefficient (Wildman–Crippen LogP) is 3.00. The van der Waals surface area contributed by atoms with Crippen LogP contribution in [0.15, 0.2) is 29.3 Å². The van der Waals surface area contributed by atoms with E-state index in [1.54, 1.807) is 14.1 Å². The molecule has 0 spiro atoms. The largest absolute Gasteiger partial charge is 0.444 e. The Morgan fingerprint density at radius 3 is 2.27 bits per heavy atom. The average Bonchev–Trinajstić information content (AvgIpc) is 2.65. The highest BCUT2D eigenvalue weighted by Gasteiger charge is 2.16. The number of hydrogen-bond donors (Lipinski definition) is 3. The van der Waals surface area contributed by atoms with E-state index in [0.29, 0.717) is 18.2 Å². The van der Waals surface area contributed by atoms with Crippen LogP contribution in [0.1, 0.15) is 46.1 Å². The summed E-state index contributed by atoms with van der Waals surface area (Å²) in [5.74, 6) is 0.599. The van der Waals surface area contributed by atoms with Gasteiger partial charge < -0.3 is 20.3 Å². The van der Waals surface area contributed by atoms with Crippen LogP contribution in [0.3, 0.4) is 0 Å². The summed E-state index contributed by atoms with van der Waals surface area (Å²) >= 11 is 0. The number of likely N-dealkylation sites (N-methyl/N-ethyl adjacent to an activating group) is 1. The van der Waals surface area contributed by atoms with Crippen LogP contribution in [0.4, 0.5) is 10.5 Å². The molecule has 0 radical (unpaired) electrons. The summed E-state index contributed by atoms with van der Waals surface area (Å²) in [7, 11) is 3.44. The first kappa shape index (κ1) is 25.3. The summed E-state index contributed by atoms with van der Waals surface area (Å²) in [6.45, 7) is 9.20. The van der Waals surface area contributed by atoms with Gasteiger partial charge in [0, 0.05) is 32.9 Å². The van der Waals surface area contributed by atoms with E-state index in [0.717, 1.165) is 31.4 Å². The second-order valence-electron chi connectivity index (χ2n) is 8.23. The van der Waals surface area contributed by atoms with Gasteiger partial charge in [-0.25, -0.2) is 9.79 Å². The lowest BCUT2D eigenvalue weighted by Crippen LogP contribution is -2.40. The minimum Gasteiger partial charge on any atom is -0.444 e. The number of carbonyl (C=O) groups excluding carboxylic acids is 2. The van der Waals surface area contributed by atoms with E-state index >= 15 is 0 Å². The summed E-state index contributed by atoms with van der Waals surface area (Å²) in [5, 5.41) is 9.25. The molecule has 0 saturated heterocycles. The number of ether oxygens (including phenoxy) is 1. The number of anilines is 1. The molecule has 1 aromatic carbocycles. The van der Waals surface area contributed by atoms with Gasteiger partial charge in [-0.3, -0.25) is 10.1 Å². The summed E-state index contributed by atoms with van der Waals surface area (Å²) in [4.78, 5) is 29.5. The van der Waals surface area contributed by atoms with Crippen molar-refractivity contribution >= 4 is 23.6 Å². The molecule has 30 heavy (non-hydrogen) atoms. The van der Waals surface area contributed by atoms with Crippen LogP contribution < -0.4 is 16.0 Å². The highest BCUT2D eigenvalue weighted by atomic mass is 16.6. The van der Waals surface area contributed by atoms with Crippen LogP contribution in [0.5, 0.6) is 0 Å². The van der Waals surface area contributed by atoms with E-state index in [2.05, 4.69) is 27.9 Å². The van der Waals surface area contributed by atoms with Crippen molar-refractivity contribution in [3.05, 3.63) is 29.8 Å². The zero-order valence-electron chi connectivity index (χ0n) is 19.2. The molecule has 0 unspecified atom stereocenters. The number of carbonyl (C=O) groups is 2. The molecule has 0 aliphatic heterocycles. The molecule has 0 heterocycles. The smallest absolute Gasteiger partial charge is 0.412 e. The molecule has 0 fully saturated rings. The first-order valence-corrected chi connectivity index (χ1v) is 10.4. The van der Waals surface area contributed by atoms with Gasteiger partial charge in [-0.2, -0.15) is 0 Å². The molecule has 1 rings (SSSR count). The van der Waals surface area contributed by atoms with E-state index in [1.807, 2.05) is 45.0 Å². The molecule has 0 aliphatic rings. The normalized spacial score (nSPS) is 11.6. The third-order valence-corrected chi connectivity index (χ3v) is 4.00. The quantitative estimate of drug-likeness (QED) is 0.325. The number of hydrogen-bond acceptors (Lipinski definition) is 4. The molecule has 168 valence electrons. The maximum absolute atomic E-state index is 11.8. The SMILES string of the molecule is CCCCNC(=NCC(=O)N(C)C)NCCc1ccc(NC(=O)OC(C)(C)C)cc1. The van der Waals surface area contributed by atoms with Crippen molar-refractivity contribution in [3.8, 4) is 0 Å². The molecule has 0 aromatic heterocycles. The average molecular weight is 420 g/mol. The summed E-state index contributed by atoms with van der Waals surface area (Å²) in [6.07, 6.45) is 2.43. The van der Waals surface area contributed by atoms with Crippen molar-refractivity contribution in [1.82, 2.24) is 15.5 Å². The second-order valence-corrected chi connectivity index (χ2v) is 8.23. The Hall–Kier alpha value is -2.77. The number of nitrogens with zero attached hydrogens (tertiary/aromatic N) is 2. The minimum absolute atomic E-state index is 0.0420. The molecule has 8 heteroatoms. The summed E-state index contributed by atoms with van der Waals surface area (Å²) in [6, 6.07) is 7.63. The third kappa shape index (κ3) is 11.3. The number of rotatable bonds is 9. The highest BCUT2D eigenvalue weighted by Crippen LogP contribution is 2.13. The maximum Gasteiger partial charge on any atom is 0.412 e.